The number of nitrogens with zero attached hydrogens (tertiary/aromatic N) is 1. The molecule has 0 atom stereocenters. The third kappa shape index (κ3) is 5.55. The van der Waals surface area contributed by atoms with Crippen LogP contribution in [0.1, 0.15) is 21.5 Å². The molecule has 0 bridgehead atoms. The lowest BCUT2D eigenvalue weighted by molar-refractivity contribution is 0.0950. The second kappa shape index (κ2) is 10.2. The molecule has 1 amide bonds. The molecule has 0 aliphatic carbocycles. The maximum Gasteiger partial charge on any atom is 0.261 e. The van der Waals surface area contributed by atoms with Crippen LogP contribution in [0.2, 0.25) is 0 Å². The number of amides is 1. The van der Waals surface area contributed by atoms with E-state index in [1.165, 1.54) is 12.1 Å². The van der Waals surface area contributed by atoms with Gasteiger partial charge in [0.2, 0.25) is 0 Å². The Labute approximate surface area is 199 Å². The molecule has 0 spiro atoms. The van der Waals surface area contributed by atoms with E-state index in [2.05, 4.69) is 20.3 Å². The highest BCUT2D eigenvalue weighted by Gasteiger charge is 2.21. The Kier molecular flexibility index (Phi) is 7.14. The average molecular weight is 483 g/mol. The van der Waals surface area contributed by atoms with Crippen molar-refractivity contribution in [1.29, 1.82) is 0 Å². The lowest BCUT2D eigenvalue weighted by Crippen LogP contribution is -2.43. The molecule has 1 heterocycles. The van der Waals surface area contributed by atoms with Gasteiger partial charge < -0.3 is 15.5 Å². The molecule has 7 nitrogen and oxygen atoms in total. The van der Waals surface area contributed by atoms with Crippen molar-refractivity contribution in [2.24, 2.45) is 0 Å². The van der Waals surface area contributed by atoms with Gasteiger partial charge in [0.15, 0.2) is 0 Å². The van der Waals surface area contributed by atoms with E-state index in [9.17, 15) is 17.6 Å². The van der Waals surface area contributed by atoms with Crippen molar-refractivity contribution in [3.63, 3.8) is 0 Å². The van der Waals surface area contributed by atoms with Crippen LogP contribution in [0.3, 0.4) is 0 Å². The standard InChI is InChI=1S/C25H27FN4O3S/c1-18-6-9-21(10-7-18)34(32,33)29-23-16-19(8-11-24(23)30-14-12-27-13-15-30)25(31)28-17-20-4-2-3-5-22(20)26/h2-11,16,27,29H,12-15,17H2,1H3,(H,28,31). The number of piperazine rings is 1. The maximum absolute atomic E-state index is 13.9. The zero-order valence-electron chi connectivity index (χ0n) is 18.8. The SMILES string of the molecule is Cc1ccc(S(=O)(=O)Nc2cc(C(=O)NCc3ccccc3F)ccc2N2CCNCC2)cc1. The zero-order chi connectivity index (χ0) is 24.1. The molecule has 178 valence electrons. The Hall–Kier alpha value is -3.43. The monoisotopic (exact) mass is 482 g/mol. The minimum absolute atomic E-state index is 0.0233. The van der Waals surface area contributed by atoms with Crippen molar-refractivity contribution in [3.8, 4) is 0 Å². The number of benzene rings is 3. The van der Waals surface area contributed by atoms with E-state index in [1.807, 2.05) is 6.92 Å². The summed E-state index contributed by atoms with van der Waals surface area (Å²) in [6.07, 6.45) is 0. The summed E-state index contributed by atoms with van der Waals surface area (Å²) in [5.74, 6) is -0.825. The highest BCUT2D eigenvalue weighted by molar-refractivity contribution is 7.92. The molecule has 3 aromatic rings. The zero-order valence-corrected chi connectivity index (χ0v) is 19.7. The van der Waals surface area contributed by atoms with Crippen LogP contribution in [-0.2, 0) is 16.6 Å². The van der Waals surface area contributed by atoms with E-state index in [-0.39, 0.29) is 17.0 Å². The minimum Gasteiger partial charge on any atom is -0.367 e. The second-order valence-corrected chi connectivity index (χ2v) is 9.84. The molecule has 9 heteroatoms. The molecular formula is C25H27FN4O3S. The summed E-state index contributed by atoms with van der Waals surface area (Å²) in [6.45, 7) is 4.87. The van der Waals surface area contributed by atoms with Crippen molar-refractivity contribution in [2.75, 3.05) is 35.8 Å². The van der Waals surface area contributed by atoms with Crippen molar-refractivity contribution >= 4 is 27.3 Å². The summed E-state index contributed by atoms with van der Waals surface area (Å²) in [6, 6.07) is 17.7. The fraction of sp³-hybridized carbons (Fsp3) is 0.240. The molecule has 1 aliphatic rings. The quantitative estimate of drug-likeness (QED) is 0.481. The summed E-state index contributed by atoms with van der Waals surface area (Å²) in [5.41, 5.74) is 2.61. The molecule has 0 radical (unpaired) electrons. The molecule has 1 aliphatic heterocycles. The van der Waals surface area contributed by atoms with Gasteiger partial charge in [-0.25, -0.2) is 12.8 Å². The number of halogens is 1. The van der Waals surface area contributed by atoms with Gasteiger partial charge >= 0.3 is 0 Å². The van der Waals surface area contributed by atoms with Crippen LogP contribution in [0.4, 0.5) is 15.8 Å². The van der Waals surface area contributed by atoms with E-state index in [1.54, 1.807) is 54.6 Å². The second-order valence-electron chi connectivity index (χ2n) is 8.16. The number of rotatable bonds is 7. The molecule has 3 aromatic carbocycles. The highest BCUT2D eigenvalue weighted by atomic mass is 32.2. The third-order valence-electron chi connectivity index (χ3n) is 5.69. The summed E-state index contributed by atoms with van der Waals surface area (Å²) in [5, 5.41) is 5.98. The van der Waals surface area contributed by atoms with Crippen LogP contribution in [0.25, 0.3) is 0 Å². The smallest absolute Gasteiger partial charge is 0.261 e. The van der Waals surface area contributed by atoms with E-state index < -0.39 is 21.7 Å². The Morgan fingerprint density at radius 2 is 1.74 bits per heavy atom. The molecule has 3 N–H and O–H groups in total. The van der Waals surface area contributed by atoms with Gasteiger partial charge in [-0.2, -0.15) is 0 Å². The normalized spacial score (nSPS) is 14.0. The molecule has 0 aromatic heterocycles. The van der Waals surface area contributed by atoms with Crippen molar-refractivity contribution < 1.29 is 17.6 Å². The number of carbonyl (C=O) groups is 1. The Bertz CT molecular complexity index is 1270. The fourth-order valence-electron chi connectivity index (χ4n) is 3.78. The van der Waals surface area contributed by atoms with Gasteiger partial charge in [-0.05, 0) is 43.3 Å². The van der Waals surface area contributed by atoms with Crippen molar-refractivity contribution in [3.05, 3.63) is 89.2 Å². The number of hydrogen-bond donors (Lipinski definition) is 3. The number of carbonyl (C=O) groups excluding carboxylic acids is 1. The topological polar surface area (TPSA) is 90.5 Å². The van der Waals surface area contributed by atoms with E-state index in [0.717, 1.165) is 18.7 Å². The highest BCUT2D eigenvalue weighted by Crippen LogP contribution is 2.30. The Balaban J connectivity index is 1.62. The van der Waals surface area contributed by atoms with Gasteiger partial charge in [0.25, 0.3) is 15.9 Å². The Morgan fingerprint density at radius 1 is 1.03 bits per heavy atom. The van der Waals surface area contributed by atoms with Gasteiger partial charge in [0.1, 0.15) is 5.82 Å². The largest absolute Gasteiger partial charge is 0.367 e. The van der Waals surface area contributed by atoms with Crippen LogP contribution in [0, 0.1) is 12.7 Å². The molecule has 0 saturated carbocycles. The predicted molar refractivity (Wildman–Crippen MR) is 131 cm³/mol. The number of hydrogen-bond acceptors (Lipinski definition) is 5. The average Bonchev–Trinajstić information content (AvgIpc) is 2.84. The summed E-state index contributed by atoms with van der Waals surface area (Å²) >= 11 is 0. The molecule has 34 heavy (non-hydrogen) atoms. The molecular weight excluding hydrogens is 455 g/mol. The molecule has 1 saturated heterocycles. The lowest BCUT2D eigenvalue weighted by Gasteiger charge is -2.31. The van der Waals surface area contributed by atoms with Gasteiger partial charge in [0, 0.05) is 43.9 Å². The first-order valence-electron chi connectivity index (χ1n) is 11.0. The Morgan fingerprint density at radius 3 is 2.44 bits per heavy atom. The van der Waals surface area contributed by atoms with Gasteiger partial charge in [-0.3, -0.25) is 9.52 Å². The number of anilines is 2. The molecule has 4 rings (SSSR count). The van der Waals surface area contributed by atoms with Gasteiger partial charge in [-0.15, -0.1) is 0 Å². The van der Waals surface area contributed by atoms with Crippen molar-refractivity contribution in [2.45, 2.75) is 18.4 Å². The fourth-order valence-corrected chi connectivity index (χ4v) is 4.85. The first-order valence-corrected chi connectivity index (χ1v) is 12.5. The molecule has 0 unspecified atom stereocenters. The van der Waals surface area contributed by atoms with Gasteiger partial charge in [0.05, 0.1) is 16.3 Å². The first-order chi connectivity index (χ1) is 16.3. The van der Waals surface area contributed by atoms with Crippen LogP contribution >= 0.6 is 0 Å². The van der Waals surface area contributed by atoms with Crippen LogP contribution in [0.15, 0.2) is 71.6 Å². The van der Waals surface area contributed by atoms with Crippen LogP contribution < -0.4 is 20.3 Å². The minimum atomic E-state index is -3.87. The van der Waals surface area contributed by atoms with E-state index in [4.69, 9.17) is 0 Å². The van der Waals surface area contributed by atoms with Crippen LogP contribution in [0.5, 0.6) is 0 Å². The number of sulfonamides is 1. The third-order valence-corrected chi connectivity index (χ3v) is 7.07. The van der Waals surface area contributed by atoms with Crippen LogP contribution in [-0.4, -0.2) is 40.5 Å². The summed E-state index contributed by atoms with van der Waals surface area (Å²) in [7, 11) is -3.87. The van der Waals surface area contributed by atoms with Crippen molar-refractivity contribution in [1.82, 2.24) is 10.6 Å². The summed E-state index contributed by atoms with van der Waals surface area (Å²) < 4.78 is 42.8. The number of aryl methyl sites for hydroxylation is 1. The lowest BCUT2D eigenvalue weighted by atomic mass is 10.1. The van der Waals surface area contributed by atoms with E-state index >= 15 is 0 Å². The number of nitrogens with one attached hydrogen (secondary N) is 3. The summed E-state index contributed by atoms with van der Waals surface area (Å²) in [4.78, 5) is 15.0. The predicted octanol–water partition coefficient (Wildman–Crippen LogP) is 3.27. The first kappa shape index (κ1) is 23.7. The van der Waals surface area contributed by atoms with E-state index in [0.29, 0.717) is 30.0 Å². The van der Waals surface area contributed by atoms with Gasteiger partial charge in [-0.1, -0.05) is 35.9 Å². The molecule has 1 fully saturated rings. The maximum atomic E-state index is 13.9.